The van der Waals surface area contributed by atoms with Crippen LogP contribution in [-0.4, -0.2) is 0 Å². The van der Waals surface area contributed by atoms with Gasteiger partial charge in [-0.25, -0.2) is 0 Å². The minimum Gasteiger partial charge on any atom is -0.192 e. The second-order valence-electron chi connectivity index (χ2n) is 2.74. The largest absolute Gasteiger partial charge is 0.192 e. The van der Waals surface area contributed by atoms with Crippen molar-refractivity contribution in [3.8, 4) is 6.07 Å². The van der Waals surface area contributed by atoms with Crippen LogP contribution < -0.4 is 0 Å². The third kappa shape index (κ3) is 1.01. The minimum atomic E-state index is 0.691. The Morgan fingerprint density at radius 1 is 1.42 bits per heavy atom. The van der Waals surface area contributed by atoms with E-state index in [1.807, 2.05) is 24.3 Å². The van der Waals surface area contributed by atoms with Crippen molar-refractivity contribution in [3.05, 3.63) is 40.4 Å². The van der Waals surface area contributed by atoms with Gasteiger partial charge >= 0.3 is 0 Å². The molecule has 1 aliphatic carbocycles. The zero-order chi connectivity index (χ0) is 8.55. The van der Waals surface area contributed by atoms with Gasteiger partial charge < -0.3 is 0 Å². The number of hydrogen-bond donors (Lipinski definition) is 0. The molecule has 0 heterocycles. The van der Waals surface area contributed by atoms with Gasteiger partial charge in [-0.1, -0.05) is 23.7 Å². The third-order valence-electron chi connectivity index (χ3n) is 2.01. The van der Waals surface area contributed by atoms with E-state index in [-0.39, 0.29) is 0 Å². The fourth-order valence-corrected chi connectivity index (χ4v) is 1.58. The molecule has 0 aromatic heterocycles. The van der Waals surface area contributed by atoms with Crippen molar-refractivity contribution in [1.82, 2.24) is 0 Å². The van der Waals surface area contributed by atoms with Crippen molar-refractivity contribution in [2.75, 3.05) is 0 Å². The SMILES string of the molecule is N#CC1=CCc2ccc(Cl)cc21. The smallest absolute Gasteiger partial charge is 0.0994 e. The predicted octanol–water partition coefficient (Wildman–Crippen LogP) is 2.80. The predicted molar refractivity (Wildman–Crippen MR) is 48.7 cm³/mol. The Hall–Kier alpha value is -1.26. The molecular weight excluding hydrogens is 170 g/mol. The number of nitriles is 1. The summed E-state index contributed by atoms with van der Waals surface area (Å²) >= 11 is 5.81. The summed E-state index contributed by atoms with van der Waals surface area (Å²) in [4.78, 5) is 0. The summed E-state index contributed by atoms with van der Waals surface area (Å²) in [7, 11) is 0. The molecule has 12 heavy (non-hydrogen) atoms. The fourth-order valence-electron chi connectivity index (χ4n) is 1.41. The molecule has 2 rings (SSSR count). The second-order valence-corrected chi connectivity index (χ2v) is 3.17. The van der Waals surface area contributed by atoms with Gasteiger partial charge in [-0.15, -0.1) is 0 Å². The number of halogens is 1. The third-order valence-corrected chi connectivity index (χ3v) is 2.24. The Kier molecular flexibility index (Phi) is 1.64. The van der Waals surface area contributed by atoms with Crippen LogP contribution in [0.5, 0.6) is 0 Å². The van der Waals surface area contributed by atoms with Crippen LogP contribution in [0.4, 0.5) is 0 Å². The molecule has 1 nitrogen and oxygen atoms in total. The lowest BCUT2D eigenvalue weighted by Gasteiger charge is -1.98. The van der Waals surface area contributed by atoms with E-state index in [0.29, 0.717) is 5.02 Å². The summed E-state index contributed by atoms with van der Waals surface area (Å²) in [5.74, 6) is 0. The normalized spacial score (nSPS) is 13.5. The van der Waals surface area contributed by atoms with Gasteiger partial charge in [-0.3, -0.25) is 0 Å². The van der Waals surface area contributed by atoms with Crippen molar-refractivity contribution in [2.24, 2.45) is 0 Å². The molecular formula is C10H6ClN. The summed E-state index contributed by atoms with van der Waals surface area (Å²) in [6.45, 7) is 0. The molecule has 0 N–H and O–H groups in total. The Morgan fingerprint density at radius 3 is 3.00 bits per heavy atom. The van der Waals surface area contributed by atoms with E-state index in [4.69, 9.17) is 16.9 Å². The minimum absolute atomic E-state index is 0.691. The Labute approximate surface area is 75.9 Å². The highest BCUT2D eigenvalue weighted by atomic mass is 35.5. The first-order valence-corrected chi connectivity index (χ1v) is 4.08. The summed E-state index contributed by atoms with van der Waals surface area (Å²) in [5, 5.41) is 9.43. The Bertz CT molecular complexity index is 399. The highest BCUT2D eigenvalue weighted by Gasteiger charge is 2.12. The molecule has 0 atom stereocenters. The molecule has 0 radical (unpaired) electrons. The number of hydrogen-bond acceptors (Lipinski definition) is 1. The number of allylic oxidation sites excluding steroid dienone is 2. The average Bonchev–Trinajstić information content (AvgIpc) is 2.46. The van der Waals surface area contributed by atoms with Gasteiger partial charge in [0.2, 0.25) is 0 Å². The molecule has 0 spiro atoms. The summed E-state index contributed by atoms with van der Waals surface area (Å²) in [5.41, 5.74) is 2.92. The van der Waals surface area contributed by atoms with Crippen molar-refractivity contribution in [3.63, 3.8) is 0 Å². The van der Waals surface area contributed by atoms with Crippen LogP contribution in [0.2, 0.25) is 5.02 Å². The van der Waals surface area contributed by atoms with Gasteiger partial charge in [0, 0.05) is 5.02 Å². The van der Waals surface area contributed by atoms with E-state index in [1.54, 1.807) is 0 Å². The summed E-state index contributed by atoms with van der Waals surface area (Å²) in [6.07, 6.45) is 2.79. The van der Waals surface area contributed by atoms with Gasteiger partial charge in [-0.2, -0.15) is 5.26 Å². The van der Waals surface area contributed by atoms with Crippen molar-refractivity contribution in [1.29, 1.82) is 5.26 Å². The van der Waals surface area contributed by atoms with E-state index in [1.165, 1.54) is 5.56 Å². The van der Waals surface area contributed by atoms with E-state index < -0.39 is 0 Å². The number of nitrogens with zero attached hydrogens (tertiary/aromatic N) is 1. The second kappa shape index (κ2) is 2.66. The monoisotopic (exact) mass is 175 g/mol. The van der Waals surface area contributed by atoms with Crippen LogP contribution in [0.1, 0.15) is 11.1 Å². The maximum Gasteiger partial charge on any atom is 0.0994 e. The maximum absolute atomic E-state index is 8.74. The number of fused-ring (bicyclic) bond motifs is 1. The number of rotatable bonds is 0. The molecule has 58 valence electrons. The highest BCUT2D eigenvalue weighted by molar-refractivity contribution is 6.30. The van der Waals surface area contributed by atoms with E-state index >= 15 is 0 Å². The van der Waals surface area contributed by atoms with Gasteiger partial charge in [-0.05, 0) is 29.7 Å². The van der Waals surface area contributed by atoms with Gasteiger partial charge in [0.05, 0.1) is 11.6 Å². The standard InChI is InChI=1S/C10H6ClN/c11-9-4-3-7-1-2-8(6-12)10(7)5-9/h2-5H,1H2. The highest BCUT2D eigenvalue weighted by Crippen LogP contribution is 2.28. The molecule has 0 aliphatic heterocycles. The Balaban J connectivity index is 2.59. The first-order valence-electron chi connectivity index (χ1n) is 3.70. The topological polar surface area (TPSA) is 23.8 Å². The van der Waals surface area contributed by atoms with E-state index in [2.05, 4.69) is 6.07 Å². The van der Waals surface area contributed by atoms with Crippen molar-refractivity contribution in [2.45, 2.75) is 6.42 Å². The molecule has 0 amide bonds. The summed E-state index contributed by atoms with van der Waals surface area (Å²) < 4.78 is 0. The van der Waals surface area contributed by atoms with Crippen molar-refractivity contribution < 1.29 is 0 Å². The van der Waals surface area contributed by atoms with Gasteiger partial charge in [0.15, 0.2) is 0 Å². The lowest BCUT2D eigenvalue weighted by atomic mass is 10.1. The van der Waals surface area contributed by atoms with Crippen LogP contribution >= 0.6 is 11.6 Å². The fraction of sp³-hybridized carbons (Fsp3) is 0.100. The summed E-state index contributed by atoms with van der Waals surface area (Å²) in [6, 6.07) is 7.82. The zero-order valence-corrected chi connectivity index (χ0v) is 7.10. The van der Waals surface area contributed by atoms with Gasteiger partial charge in [0.1, 0.15) is 0 Å². The molecule has 1 aromatic rings. The number of benzene rings is 1. The first kappa shape index (κ1) is 7.39. The van der Waals surface area contributed by atoms with Gasteiger partial charge in [0.25, 0.3) is 0 Å². The molecule has 2 heteroatoms. The van der Waals surface area contributed by atoms with Crippen LogP contribution in [-0.2, 0) is 6.42 Å². The van der Waals surface area contributed by atoms with Crippen LogP contribution in [0.15, 0.2) is 24.3 Å². The zero-order valence-electron chi connectivity index (χ0n) is 6.34. The molecule has 0 unspecified atom stereocenters. The van der Waals surface area contributed by atoms with Crippen molar-refractivity contribution >= 4 is 17.2 Å². The Morgan fingerprint density at radius 2 is 2.25 bits per heavy atom. The molecule has 1 aromatic carbocycles. The first-order chi connectivity index (χ1) is 5.81. The van der Waals surface area contributed by atoms with Crippen LogP contribution in [0, 0.1) is 11.3 Å². The molecule has 0 saturated heterocycles. The molecule has 1 aliphatic rings. The molecule has 0 fully saturated rings. The average molecular weight is 176 g/mol. The van der Waals surface area contributed by atoms with Crippen LogP contribution in [0.3, 0.4) is 0 Å². The lowest BCUT2D eigenvalue weighted by Crippen LogP contribution is -1.82. The van der Waals surface area contributed by atoms with E-state index in [0.717, 1.165) is 17.6 Å². The quantitative estimate of drug-likeness (QED) is 0.595. The molecule has 0 bridgehead atoms. The van der Waals surface area contributed by atoms with E-state index in [9.17, 15) is 0 Å². The lowest BCUT2D eigenvalue weighted by molar-refractivity contribution is 1.31. The van der Waals surface area contributed by atoms with Crippen LogP contribution in [0.25, 0.3) is 5.57 Å². The molecule has 0 saturated carbocycles. The maximum atomic E-state index is 8.74.